The first-order valence-electron chi connectivity index (χ1n) is 5.35. The number of thioether (sulfide) groups is 1. The van der Waals surface area contributed by atoms with Gasteiger partial charge in [-0.25, -0.2) is 9.97 Å². The molecule has 1 aromatic rings. The quantitative estimate of drug-likeness (QED) is 0.823. The smallest absolute Gasteiger partial charge is 0.157 e. The fourth-order valence-electron chi connectivity index (χ4n) is 1.78. The van der Waals surface area contributed by atoms with Gasteiger partial charge in [-0.1, -0.05) is 18.5 Å². The summed E-state index contributed by atoms with van der Waals surface area (Å²) in [7, 11) is 0. The van der Waals surface area contributed by atoms with Crippen LogP contribution >= 0.6 is 23.4 Å². The highest BCUT2D eigenvalue weighted by atomic mass is 35.5. The average molecular weight is 259 g/mol. The Hall–Kier alpha value is -0.680. The molecule has 1 atom stereocenters. The van der Waals surface area contributed by atoms with E-state index in [0.717, 1.165) is 24.7 Å². The van der Waals surface area contributed by atoms with E-state index in [9.17, 15) is 0 Å². The molecule has 0 amide bonds. The molecule has 16 heavy (non-hydrogen) atoms. The van der Waals surface area contributed by atoms with E-state index in [0.29, 0.717) is 16.1 Å². The molecule has 0 saturated carbocycles. The van der Waals surface area contributed by atoms with Crippen LogP contribution in [0, 0.1) is 0 Å². The number of rotatable bonds is 2. The molecule has 2 rings (SSSR count). The average Bonchev–Trinajstić information content (AvgIpc) is 2.33. The van der Waals surface area contributed by atoms with Crippen molar-refractivity contribution in [3.05, 3.63) is 11.5 Å². The summed E-state index contributed by atoms with van der Waals surface area (Å²) in [4.78, 5) is 10.3. The van der Waals surface area contributed by atoms with Crippen molar-refractivity contribution in [1.29, 1.82) is 0 Å². The summed E-state index contributed by atoms with van der Waals surface area (Å²) < 4.78 is 0. The molecule has 1 saturated heterocycles. The van der Waals surface area contributed by atoms with Crippen LogP contribution in [0.25, 0.3) is 0 Å². The summed E-state index contributed by atoms with van der Waals surface area (Å²) >= 11 is 7.91. The first kappa shape index (κ1) is 11.8. The van der Waals surface area contributed by atoms with Crippen molar-refractivity contribution in [2.24, 2.45) is 0 Å². The van der Waals surface area contributed by atoms with Crippen molar-refractivity contribution in [3.63, 3.8) is 0 Å². The van der Waals surface area contributed by atoms with Crippen LogP contribution in [0.4, 0.5) is 11.5 Å². The third kappa shape index (κ3) is 2.35. The summed E-state index contributed by atoms with van der Waals surface area (Å²) in [6.07, 6.45) is 2.64. The predicted octanol–water partition coefficient (Wildman–Crippen LogP) is 2.04. The first-order chi connectivity index (χ1) is 7.72. The molecule has 1 aliphatic rings. The van der Waals surface area contributed by atoms with Crippen LogP contribution in [-0.2, 0) is 0 Å². The van der Waals surface area contributed by atoms with Crippen LogP contribution in [0.2, 0.25) is 5.15 Å². The summed E-state index contributed by atoms with van der Waals surface area (Å²) in [5.74, 6) is 1.89. The standard InChI is InChI=1S/C10H15ClN4S/c1-2-7-5-15(3-4-16-7)10-8(12)9(11)13-6-14-10/h6-7H,2-5,12H2,1H3. The van der Waals surface area contributed by atoms with Gasteiger partial charge in [0.05, 0.1) is 0 Å². The molecule has 1 aliphatic heterocycles. The Labute approximate surface area is 105 Å². The fraction of sp³-hybridized carbons (Fsp3) is 0.600. The van der Waals surface area contributed by atoms with Crippen LogP contribution in [-0.4, -0.2) is 34.1 Å². The highest BCUT2D eigenvalue weighted by molar-refractivity contribution is 8.00. The molecular formula is C10H15ClN4S. The summed E-state index contributed by atoms with van der Waals surface area (Å²) in [6, 6.07) is 0. The molecule has 1 unspecified atom stereocenters. The van der Waals surface area contributed by atoms with Crippen molar-refractivity contribution in [3.8, 4) is 0 Å². The van der Waals surface area contributed by atoms with Gasteiger partial charge in [0.1, 0.15) is 12.0 Å². The van der Waals surface area contributed by atoms with Crippen LogP contribution < -0.4 is 10.6 Å². The van der Waals surface area contributed by atoms with E-state index < -0.39 is 0 Å². The van der Waals surface area contributed by atoms with Gasteiger partial charge in [0.15, 0.2) is 11.0 Å². The lowest BCUT2D eigenvalue weighted by atomic mass is 10.3. The zero-order chi connectivity index (χ0) is 11.5. The van der Waals surface area contributed by atoms with Gasteiger partial charge in [-0.05, 0) is 6.42 Å². The highest BCUT2D eigenvalue weighted by Crippen LogP contribution is 2.30. The minimum Gasteiger partial charge on any atom is -0.393 e. The molecule has 0 aromatic carbocycles. The number of aromatic nitrogens is 2. The minimum absolute atomic E-state index is 0.344. The largest absolute Gasteiger partial charge is 0.393 e. The van der Waals surface area contributed by atoms with Gasteiger partial charge < -0.3 is 10.6 Å². The van der Waals surface area contributed by atoms with Crippen molar-refractivity contribution in [1.82, 2.24) is 9.97 Å². The van der Waals surface area contributed by atoms with Gasteiger partial charge in [-0.15, -0.1) is 0 Å². The molecule has 0 aliphatic carbocycles. The Morgan fingerprint density at radius 1 is 1.62 bits per heavy atom. The second-order valence-corrected chi connectivity index (χ2v) is 5.52. The molecule has 1 fully saturated rings. The molecule has 2 heterocycles. The Morgan fingerprint density at radius 3 is 3.19 bits per heavy atom. The Kier molecular flexibility index (Phi) is 3.76. The second-order valence-electron chi connectivity index (χ2n) is 3.75. The lowest BCUT2D eigenvalue weighted by Crippen LogP contribution is -2.38. The molecule has 0 bridgehead atoms. The molecule has 88 valence electrons. The summed E-state index contributed by atoms with van der Waals surface area (Å²) in [6.45, 7) is 4.16. The van der Waals surface area contributed by atoms with Crippen molar-refractivity contribution < 1.29 is 0 Å². The molecule has 1 aromatic heterocycles. The zero-order valence-corrected chi connectivity index (χ0v) is 10.8. The van der Waals surface area contributed by atoms with E-state index in [1.807, 2.05) is 11.8 Å². The van der Waals surface area contributed by atoms with Gasteiger partial charge in [-0.3, -0.25) is 0 Å². The van der Waals surface area contributed by atoms with Gasteiger partial charge in [0.25, 0.3) is 0 Å². The number of anilines is 2. The summed E-state index contributed by atoms with van der Waals surface area (Å²) in [5, 5.41) is 0.998. The van der Waals surface area contributed by atoms with Gasteiger partial charge in [0, 0.05) is 24.1 Å². The molecule has 0 radical (unpaired) electrons. The number of nitrogens with zero attached hydrogens (tertiary/aromatic N) is 3. The number of nitrogens with two attached hydrogens (primary N) is 1. The number of halogens is 1. The van der Waals surface area contributed by atoms with Crippen LogP contribution in [0.5, 0.6) is 0 Å². The third-order valence-corrected chi connectivity index (χ3v) is 4.38. The lowest BCUT2D eigenvalue weighted by molar-refractivity contribution is 0.720. The predicted molar refractivity (Wildman–Crippen MR) is 70.2 cm³/mol. The number of hydrogen-bond donors (Lipinski definition) is 1. The maximum absolute atomic E-state index is 5.90. The molecule has 0 spiro atoms. The van der Waals surface area contributed by atoms with E-state index >= 15 is 0 Å². The Balaban J connectivity index is 2.20. The van der Waals surface area contributed by atoms with E-state index in [1.165, 1.54) is 12.7 Å². The summed E-state index contributed by atoms with van der Waals surface area (Å²) in [5.41, 5.74) is 6.39. The molecular weight excluding hydrogens is 244 g/mol. The minimum atomic E-state index is 0.344. The maximum atomic E-state index is 5.90. The molecule has 4 nitrogen and oxygen atoms in total. The fourth-order valence-corrected chi connectivity index (χ4v) is 3.08. The van der Waals surface area contributed by atoms with Gasteiger partial charge in [0.2, 0.25) is 0 Å². The van der Waals surface area contributed by atoms with E-state index in [4.69, 9.17) is 17.3 Å². The first-order valence-corrected chi connectivity index (χ1v) is 6.77. The zero-order valence-electron chi connectivity index (χ0n) is 9.19. The van der Waals surface area contributed by atoms with Crippen LogP contribution in [0.3, 0.4) is 0 Å². The highest BCUT2D eigenvalue weighted by Gasteiger charge is 2.22. The van der Waals surface area contributed by atoms with Crippen LogP contribution in [0.15, 0.2) is 6.33 Å². The SMILES string of the molecule is CCC1CN(c2ncnc(Cl)c2N)CCS1. The molecule has 2 N–H and O–H groups in total. The molecule has 6 heteroatoms. The van der Waals surface area contributed by atoms with Crippen LogP contribution in [0.1, 0.15) is 13.3 Å². The van der Waals surface area contributed by atoms with Gasteiger partial charge >= 0.3 is 0 Å². The second kappa shape index (κ2) is 5.10. The Morgan fingerprint density at radius 2 is 2.44 bits per heavy atom. The number of hydrogen-bond acceptors (Lipinski definition) is 5. The normalized spacial score (nSPS) is 21.1. The monoisotopic (exact) mass is 258 g/mol. The van der Waals surface area contributed by atoms with Crippen molar-refractivity contribution in [2.45, 2.75) is 18.6 Å². The van der Waals surface area contributed by atoms with E-state index in [-0.39, 0.29) is 0 Å². The maximum Gasteiger partial charge on any atom is 0.157 e. The van der Waals surface area contributed by atoms with E-state index in [1.54, 1.807) is 0 Å². The lowest BCUT2D eigenvalue weighted by Gasteiger charge is -2.33. The third-order valence-electron chi connectivity index (χ3n) is 2.71. The van der Waals surface area contributed by atoms with Crippen molar-refractivity contribution in [2.75, 3.05) is 29.5 Å². The Bertz CT molecular complexity index is 374. The van der Waals surface area contributed by atoms with Crippen molar-refractivity contribution >= 4 is 34.9 Å². The topological polar surface area (TPSA) is 55.0 Å². The number of nitrogen functional groups attached to an aromatic ring is 1. The van der Waals surface area contributed by atoms with E-state index in [2.05, 4.69) is 21.8 Å². The van der Waals surface area contributed by atoms with Gasteiger partial charge in [-0.2, -0.15) is 11.8 Å².